The molecule has 0 fully saturated rings. The van der Waals surface area contributed by atoms with Crippen molar-refractivity contribution in [3.63, 3.8) is 0 Å². The minimum atomic E-state index is -0.398. The molecule has 0 spiro atoms. The van der Waals surface area contributed by atoms with Gasteiger partial charge < -0.3 is 20.1 Å². The van der Waals surface area contributed by atoms with E-state index in [-0.39, 0.29) is 24.6 Å². The van der Waals surface area contributed by atoms with Crippen LogP contribution in [0.25, 0.3) is 0 Å². The zero-order chi connectivity index (χ0) is 15.8. The van der Waals surface area contributed by atoms with Gasteiger partial charge in [0.2, 0.25) is 0 Å². The first-order valence-corrected chi connectivity index (χ1v) is 6.85. The summed E-state index contributed by atoms with van der Waals surface area (Å²) in [5.41, 5.74) is 0.802. The highest BCUT2D eigenvalue weighted by Gasteiger charge is 2.13. The molecule has 0 saturated carbocycles. The van der Waals surface area contributed by atoms with Gasteiger partial charge in [-0.05, 0) is 27.0 Å². The van der Waals surface area contributed by atoms with Gasteiger partial charge in [0.1, 0.15) is 11.6 Å². The maximum absolute atomic E-state index is 13.3. The SMILES string of the molecule is CNC(C)c1ccc(F)cc1OCC(=O)NC(C)COC. The van der Waals surface area contributed by atoms with E-state index in [1.54, 1.807) is 20.2 Å². The van der Waals surface area contributed by atoms with E-state index < -0.39 is 5.82 Å². The summed E-state index contributed by atoms with van der Waals surface area (Å²) in [6, 6.07) is 4.20. The van der Waals surface area contributed by atoms with E-state index in [4.69, 9.17) is 9.47 Å². The largest absolute Gasteiger partial charge is 0.483 e. The number of carbonyl (C=O) groups is 1. The Balaban J connectivity index is 2.65. The molecule has 1 amide bonds. The molecule has 0 saturated heterocycles. The zero-order valence-corrected chi connectivity index (χ0v) is 12.9. The lowest BCUT2D eigenvalue weighted by atomic mass is 10.1. The van der Waals surface area contributed by atoms with Crippen molar-refractivity contribution in [2.45, 2.75) is 25.9 Å². The Labute approximate surface area is 124 Å². The van der Waals surface area contributed by atoms with Crippen LogP contribution in [0, 0.1) is 5.82 Å². The fourth-order valence-electron chi connectivity index (χ4n) is 1.90. The van der Waals surface area contributed by atoms with E-state index in [9.17, 15) is 9.18 Å². The second kappa shape index (κ2) is 8.59. The summed E-state index contributed by atoms with van der Waals surface area (Å²) >= 11 is 0. The molecule has 1 rings (SSSR count). The number of hydrogen-bond acceptors (Lipinski definition) is 4. The van der Waals surface area contributed by atoms with Crippen LogP contribution in [0.1, 0.15) is 25.5 Å². The molecule has 6 heteroatoms. The van der Waals surface area contributed by atoms with E-state index in [0.29, 0.717) is 12.4 Å². The molecule has 0 heterocycles. The van der Waals surface area contributed by atoms with Gasteiger partial charge in [0.05, 0.1) is 6.61 Å². The third-order valence-corrected chi connectivity index (χ3v) is 3.06. The van der Waals surface area contributed by atoms with Crippen molar-refractivity contribution in [1.29, 1.82) is 0 Å². The molecule has 0 aliphatic heterocycles. The summed E-state index contributed by atoms with van der Waals surface area (Å²) in [7, 11) is 3.37. The van der Waals surface area contributed by atoms with Crippen molar-refractivity contribution in [1.82, 2.24) is 10.6 Å². The Morgan fingerprint density at radius 3 is 2.71 bits per heavy atom. The summed E-state index contributed by atoms with van der Waals surface area (Å²) in [4.78, 5) is 11.7. The molecule has 5 nitrogen and oxygen atoms in total. The van der Waals surface area contributed by atoms with Crippen LogP contribution in [-0.2, 0) is 9.53 Å². The number of ether oxygens (including phenoxy) is 2. The number of hydrogen-bond donors (Lipinski definition) is 2. The van der Waals surface area contributed by atoms with Gasteiger partial charge in [0.15, 0.2) is 6.61 Å². The topological polar surface area (TPSA) is 59.6 Å². The summed E-state index contributed by atoms with van der Waals surface area (Å²) in [6.07, 6.45) is 0. The minimum Gasteiger partial charge on any atom is -0.483 e. The van der Waals surface area contributed by atoms with Crippen LogP contribution in [0.5, 0.6) is 5.75 Å². The molecule has 0 aromatic heterocycles. The molecular formula is C15H23FN2O3. The molecule has 0 aliphatic rings. The molecule has 0 aliphatic carbocycles. The Morgan fingerprint density at radius 1 is 1.38 bits per heavy atom. The van der Waals surface area contributed by atoms with Crippen LogP contribution < -0.4 is 15.4 Å². The van der Waals surface area contributed by atoms with Crippen molar-refractivity contribution in [3.8, 4) is 5.75 Å². The van der Waals surface area contributed by atoms with Gasteiger partial charge in [-0.25, -0.2) is 4.39 Å². The predicted octanol–water partition coefficient (Wildman–Crippen LogP) is 1.64. The van der Waals surface area contributed by atoms with E-state index in [1.165, 1.54) is 12.1 Å². The Morgan fingerprint density at radius 2 is 2.10 bits per heavy atom. The first kappa shape index (κ1) is 17.4. The van der Waals surface area contributed by atoms with Crippen molar-refractivity contribution in [2.24, 2.45) is 0 Å². The third-order valence-electron chi connectivity index (χ3n) is 3.06. The van der Waals surface area contributed by atoms with E-state index in [1.807, 2.05) is 13.8 Å². The van der Waals surface area contributed by atoms with Gasteiger partial charge in [-0.15, -0.1) is 0 Å². The van der Waals surface area contributed by atoms with Crippen molar-refractivity contribution >= 4 is 5.91 Å². The number of halogens is 1. The fourth-order valence-corrected chi connectivity index (χ4v) is 1.90. The maximum Gasteiger partial charge on any atom is 0.258 e. The molecule has 21 heavy (non-hydrogen) atoms. The lowest BCUT2D eigenvalue weighted by Gasteiger charge is -2.17. The first-order chi connectivity index (χ1) is 9.97. The second-order valence-corrected chi connectivity index (χ2v) is 4.91. The van der Waals surface area contributed by atoms with E-state index in [0.717, 1.165) is 5.56 Å². The van der Waals surface area contributed by atoms with Gasteiger partial charge in [0, 0.05) is 30.8 Å². The maximum atomic E-state index is 13.3. The van der Waals surface area contributed by atoms with E-state index >= 15 is 0 Å². The highest BCUT2D eigenvalue weighted by atomic mass is 19.1. The lowest BCUT2D eigenvalue weighted by molar-refractivity contribution is -0.124. The lowest BCUT2D eigenvalue weighted by Crippen LogP contribution is -2.38. The summed E-state index contributed by atoms with van der Waals surface area (Å²) < 4.78 is 23.7. The number of benzene rings is 1. The molecular weight excluding hydrogens is 275 g/mol. The molecule has 0 bridgehead atoms. The summed E-state index contributed by atoms with van der Waals surface area (Å²) in [5, 5.41) is 5.79. The minimum absolute atomic E-state index is 0.00363. The molecule has 0 radical (unpaired) electrons. The highest BCUT2D eigenvalue weighted by Crippen LogP contribution is 2.25. The fraction of sp³-hybridized carbons (Fsp3) is 0.533. The van der Waals surface area contributed by atoms with Crippen molar-refractivity contribution in [3.05, 3.63) is 29.6 Å². The van der Waals surface area contributed by atoms with Crippen LogP contribution in [0.2, 0.25) is 0 Å². The van der Waals surface area contributed by atoms with Gasteiger partial charge in [-0.1, -0.05) is 6.07 Å². The third kappa shape index (κ3) is 5.69. The predicted molar refractivity (Wildman–Crippen MR) is 78.9 cm³/mol. The Bertz CT molecular complexity index is 468. The molecule has 1 aromatic rings. The quantitative estimate of drug-likeness (QED) is 0.766. The van der Waals surface area contributed by atoms with Crippen LogP contribution in [0.3, 0.4) is 0 Å². The number of carbonyl (C=O) groups excluding carboxylic acids is 1. The number of nitrogens with one attached hydrogen (secondary N) is 2. The monoisotopic (exact) mass is 298 g/mol. The standard InChI is InChI=1S/C15H23FN2O3/c1-10(8-20-4)18-15(19)9-21-14-7-12(16)5-6-13(14)11(2)17-3/h5-7,10-11,17H,8-9H2,1-4H3,(H,18,19). The number of rotatable bonds is 8. The first-order valence-electron chi connectivity index (χ1n) is 6.85. The summed E-state index contributed by atoms with van der Waals surface area (Å²) in [6.45, 7) is 4.02. The Hall–Kier alpha value is -1.66. The highest BCUT2D eigenvalue weighted by molar-refractivity contribution is 5.77. The molecule has 2 unspecified atom stereocenters. The van der Waals surface area contributed by atoms with E-state index in [2.05, 4.69) is 10.6 Å². The average molecular weight is 298 g/mol. The second-order valence-electron chi connectivity index (χ2n) is 4.91. The van der Waals surface area contributed by atoms with Crippen LogP contribution in [0.4, 0.5) is 4.39 Å². The van der Waals surface area contributed by atoms with Gasteiger partial charge >= 0.3 is 0 Å². The molecule has 2 N–H and O–H groups in total. The van der Waals surface area contributed by atoms with Gasteiger partial charge in [-0.3, -0.25) is 4.79 Å². The van der Waals surface area contributed by atoms with Crippen LogP contribution in [-0.4, -0.2) is 39.3 Å². The molecule has 2 atom stereocenters. The normalized spacial score (nSPS) is 13.6. The van der Waals surface area contributed by atoms with Crippen molar-refractivity contribution < 1.29 is 18.7 Å². The van der Waals surface area contributed by atoms with Crippen LogP contribution >= 0.6 is 0 Å². The molecule has 118 valence electrons. The Kier molecular flexibility index (Phi) is 7.11. The molecule has 1 aromatic carbocycles. The summed E-state index contributed by atoms with van der Waals surface area (Å²) in [5.74, 6) is -0.302. The van der Waals surface area contributed by atoms with Gasteiger partial charge in [-0.2, -0.15) is 0 Å². The average Bonchev–Trinajstić information content (AvgIpc) is 2.44. The van der Waals surface area contributed by atoms with Gasteiger partial charge in [0.25, 0.3) is 5.91 Å². The van der Waals surface area contributed by atoms with Crippen LogP contribution in [0.15, 0.2) is 18.2 Å². The number of methoxy groups -OCH3 is 1. The number of amides is 1. The smallest absolute Gasteiger partial charge is 0.258 e. The zero-order valence-electron chi connectivity index (χ0n) is 12.9. The van der Waals surface area contributed by atoms with Crippen molar-refractivity contribution in [2.75, 3.05) is 27.4 Å².